The number of nitrogens with zero attached hydrogens (tertiary/aromatic N) is 5. The molecule has 0 aliphatic rings. The van der Waals surface area contributed by atoms with E-state index in [0.29, 0.717) is 5.65 Å². The number of carboxylic acids is 1. The van der Waals surface area contributed by atoms with Crippen molar-refractivity contribution in [1.29, 1.82) is 0 Å². The Morgan fingerprint density at radius 3 is 2.95 bits per heavy atom. The maximum absolute atomic E-state index is 11.2. The van der Waals surface area contributed by atoms with E-state index < -0.39 is 5.97 Å². The number of ether oxygens (including phenoxy) is 1. The van der Waals surface area contributed by atoms with Gasteiger partial charge < -0.3 is 9.84 Å². The molecule has 8 nitrogen and oxygen atoms in total. The van der Waals surface area contributed by atoms with E-state index in [2.05, 4.69) is 20.6 Å². The molecule has 0 fully saturated rings. The van der Waals surface area contributed by atoms with Crippen LogP contribution in [-0.4, -0.2) is 36.3 Å². The van der Waals surface area contributed by atoms with E-state index in [1.807, 2.05) is 22.6 Å². The van der Waals surface area contributed by atoms with E-state index in [4.69, 9.17) is 9.84 Å². The molecular formula is C11H6IN5O3. The number of hydrogen-bond acceptors (Lipinski definition) is 6. The van der Waals surface area contributed by atoms with E-state index in [1.165, 1.54) is 10.7 Å². The molecule has 2 aromatic heterocycles. The van der Waals surface area contributed by atoms with Crippen LogP contribution in [0.4, 0.5) is 0 Å². The van der Waals surface area contributed by atoms with Gasteiger partial charge >= 0.3 is 5.97 Å². The summed E-state index contributed by atoms with van der Waals surface area (Å²) in [6.45, 7) is 0. The van der Waals surface area contributed by atoms with E-state index in [9.17, 15) is 4.79 Å². The summed E-state index contributed by atoms with van der Waals surface area (Å²) < 4.78 is 7.49. The van der Waals surface area contributed by atoms with Crippen LogP contribution in [0, 0.1) is 3.57 Å². The molecule has 0 atom stereocenters. The molecule has 0 unspecified atom stereocenters. The molecule has 3 rings (SSSR count). The second kappa shape index (κ2) is 5.00. The van der Waals surface area contributed by atoms with Crippen molar-refractivity contribution in [2.45, 2.75) is 0 Å². The summed E-state index contributed by atoms with van der Waals surface area (Å²) >= 11 is 2.03. The number of hydrogen-bond donors (Lipinski definition) is 1. The molecule has 3 aromatic rings. The van der Waals surface area contributed by atoms with Gasteiger partial charge in [0.2, 0.25) is 5.88 Å². The van der Waals surface area contributed by atoms with Crippen LogP contribution >= 0.6 is 22.6 Å². The van der Waals surface area contributed by atoms with Crippen molar-refractivity contribution in [3.63, 3.8) is 0 Å². The SMILES string of the molecule is O=C(O)c1cc(I)ccc1Oc1ccc2nnnn2n1. The summed E-state index contributed by atoms with van der Waals surface area (Å²) in [5.41, 5.74) is 0.536. The fourth-order valence-electron chi connectivity index (χ4n) is 1.56. The predicted molar refractivity (Wildman–Crippen MR) is 74.8 cm³/mol. The van der Waals surface area contributed by atoms with E-state index in [-0.39, 0.29) is 17.2 Å². The molecule has 1 aromatic carbocycles. The van der Waals surface area contributed by atoms with E-state index >= 15 is 0 Å². The number of carboxylic acid groups (broad SMARTS) is 1. The van der Waals surface area contributed by atoms with Crippen LogP contribution in [0.3, 0.4) is 0 Å². The van der Waals surface area contributed by atoms with Crippen LogP contribution in [0.5, 0.6) is 11.6 Å². The zero-order chi connectivity index (χ0) is 14.1. The Morgan fingerprint density at radius 2 is 2.15 bits per heavy atom. The minimum Gasteiger partial charge on any atom is -0.478 e. The van der Waals surface area contributed by atoms with Crippen molar-refractivity contribution < 1.29 is 14.6 Å². The molecule has 100 valence electrons. The third-order valence-corrected chi connectivity index (χ3v) is 3.10. The fourth-order valence-corrected chi connectivity index (χ4v) is 2.05. The van der Waals surface area contributed by atoms with E-state index in [0.717, 1.165) is 3.57 Å². The fraction of sp³-hybridized carbons (Fsp3) is 0. The second-order valence-electron chi connectivity index (χ2n) is 3.75. The molecule has 0 saturated heterocycles. The highest BCUT2D eigenvalue weighted by Gasteiger charge is 2.13. The number of tetrazole rings is 1. The Labute approximate surface area is 125 Å². The Bertz CT molecular complexity index is 804. The van der Waals surface area contributed by atoms with Gasteiger partial charge in [0.1, 0.15) is 11.3 Å². The molecule has 20 heavy (non-hydrogen) atoms. The van der Waals surface area contributed by atoms with Crippen LogP contribution in [0.1, 0.15) is 10.4 Å². The van der Waals surface area contributed by atoms with Crippen LogP contribution in [-0.2, 0) is 0 Å². The van der Waals surface area contributed by atoms with Gasteiger partial charge in [0, 0.05) is 9.64 Å². The first kappa shape index (κ1) is 12.7. The van der Waals surface area contributed by atoms with Gasteiger partial charge in [-0.3, -0.25) is 0 Å². The van der Waals surface area contributed by atoms with Crippen molar-refractivity contribution in [3.8, 4) is 11.6 Å². The number of halogens is 1. The Morgan fingerprint density at radius 1 is 1.30 bits per heavy atom. The molecule has 0 radical (unpaired) electrons. The lowest BCUT2D eigenvalue weighted by Crippen LogP contribution is -2.02. The zero-order valence-corrected chi connectivity index (χ0v) is 11.9. The minimum atomic E-state index is -1.07. The van der Waals surface area contributed by atoms with Gasteiger partial charge in [0.25, 0.3) is 0 Å². The Balaban J connectivity index is 1.99. The van der Waals surface area contributed by atoms with Crippen molar-refractivity contribution in [3.05, 3.63) is 39.5 Å². The lowest BCUT2D eigenvalue weighted by atomic mass is 10.2. The first-order valence-electron chi connectivity index (χ1n) is 5.39. The smallest absolute Gasteiger partial charge is 0.339 e. The molecule has 1 N–H and O–H groups in total. The number of carbonyl (C=O) groups is 1. The first-order valence-corrected chi connectivity index (χ1v) is 6.47. The molecule has 0 saturated carbocycles. The quantitative estimate of drug-likeness (QED) is 0.686. The maximum atomic E-state index is 11.2. The van der Waals surface area contributed by atoms with Gasteiger partial charge in [0.05, 0.1) is 0 Å². The molecule has 2 heterocycles. The van der Waals surface area contributed by atoms with Gasteiger partial charge in [-0.2, -0.15) is 0 Å². The molecule has 0 spiro atoms. The first-order chi connectivity index (χ1) is 9.63. The molecular weight excluding hydrogens is 377 g/mol. The lowest BCUT2D eigenvalue weighted by molar-refractivity contribution is 0.0694. The topological polar surface area (TPSA) is 102 Å². The maximum Gasteiger partial charge on any atom is 0.339 e. The summed E-state index contributed by atoms with van der Waals surface area (Å²) in [6, 6.07) is 8.03. The highest BCUT2D eigenvalue weighted by Crippen LogP contribution is 2.25. The standard InChI is InChI=1S/C11H6IN5O3/c12-6-1-2-8(7(5-6)11(18)19)20-10-4-3-9-13-15-16-17(9)14-10/h1-5H,(H,18,19). The number of aromatic carboxylic acids is 1. The highest BCUT2D eigenvalue weighted by molar-refractivity contribution is 14.1. The van der Waals surface area contributed by atoms with Gasteiger partial charge in [0.15, 0.2) is 5.65 Å². The number of fused-ring (bicyclic) bond motifs is 1. The molecule has 0 aliphatic heterocycles. The van der Waals surface area contributed by atoms with Gasteiger partial charge in [-0.1, -0.05) is 0 Å². The summed E-state index contributed by atoms with van der Waals surface area (Å²) in [5, 5.41) is 24.0. The normalized spacial score (nSPS) is 10.7. The van der Waals surface area contributed by atoms with Crippen molar-refractivity contribution in [2.24, 2.45) is 0 Å². The average Bonchev–Trinajstić information content (AvgIpc) is 2.88. The second-order valence-corrected chi connectivity index (χ2v) is 4.99. The summed E-state index contributed by atoms with van der Waals surface area (Å²) in [5.74, 6) is -0.659. The van der Waals surface area contributed by atoms with Gasteiger partial charge in [-0.25, -0.2) is 4.79 Å². The summed E-state index contributed by atoms with van der Waals surface area (Å²) in [4.78, 5) is 11.2. The van der Waals surface area contributed by atoms with Gasteiger partial charge in [-0.05, 0) is 57.3 Å². The minimum absolute atomic E-state index is 0.0653. The predicted octanol–water partition coefficient (Wildman–Crippen LogP) is 1.61. The van der Waals surface area contributed by atoms with Crippen molar-refractivity contribution >= 4 is 34.2 Å². The average molecular weight is 383 g/mol. The van der Waals surface area contributed by atoms with Crippen LogP contribution in [0.25, 0.3) is 5.65 Å². The highest BCUT2D eigenvalue weighted by atomic mass is 127. The summed E-state index contributed by atoms with van der Waals surface area (Å²) in [7, 11) is 0. The van der Waals surface area contributed by atoms with E-state index in [1.54, 1.807) is 24.3 Å². The Hall–Kier alpha value is -2.30. The lowest BCUT2D eigenvalue weighted by Gasteiger charge is -2.07. The molecule has 0 aliphatic carbocycles. The van der Waals surface area contributed by atoms with Crippen LogP contribution in [0.15, 0.2) is 30.3 Å². The molecule has 0 amide bonds. The van der Waals surface area contributed by atoms with Gasteiger partial charge in [-0.15, -0.1) is 14.8 Å². The molecule has 0 bridgehead atoms. The largest absolute Gasteiger partial charge is 0.478 e. The molecule has 9 heteroatoms. The Kier molecular flexibility index (Phi) is 3.18. The van der Waals surface area contributed by atoms with Crippen molar-refractivity contribution in [2.75, 3.05) is 0 Å². The summed E-state index contributed by atoms with van der Waals surface area (Å²) in [6.07, 6.45) is 0. The number of aromatic nitrogens is 5. The number of benzene rings is 1. The van der Waals surface area contributed by atoms with Crippen LogP contribution < -0.4 is 4.74 Å². The van der Waals surface area contributed by atoms with Crippen LogP contribution in [0.2, 0.25) is 0 Å². The zero-order valence-electron chi connectivity index (χ0n) is 9.76. The van der Waals surface area contributed by atoms with Crippen molar-refractivity contribution in [1.82, 2.24) is 25.3 Å². The third kappa shape index (κ3) is 2.39. The number of rotatable bonds is 3. The third-order valence-electron chi connectivity index (χ3n) is 2.43. The monoisotopic (exact) mass is 383 g/mol.